The van der Waals surface area contributed by atoms with Crippen LogP contribution >= 0.6 is 0 Å². The fraction of sp³-hybridized carbons (Fsp3) is 0.400. The molecule has 1 amide bonds. The first kappa shape index (κ1) is 23.3. The van der Waals surface area contributed by atoms with Gasteiger partial charge in [0, 0.05) is 37.2 Å². The highest BCUT2D eigenvalue weighted by Gasteiger charge is 2.39. The third kappa shape index (κ3) is 5.29. The molecule has 1 aromatic carbocycles. The first-order valence-corrected chi connectivity index (χ1v) is 12.9. The molecule has 0 unspecified atom stereocenters. The molecule has 1 aromatic heterocycles. The average molecular weight is 467 g/mol. The zero-order valence-electron chi connectivity index (χ0n) is 17.4. The smallest absolute Gasteiger partial charge is 0.245 e. The van der Waals surface area contributed by atoms with Crippen LogP contribution in [-0.2, 0) is 24.8 Å². The Hall–Kier alpha value is -2.34. The number of carbonyl (C=O) groups excluding carboxylic acids is 1. The zero-order valence-corrected chi connectivity index (χ0v) is 19.1. The summed E-state index contributed by atoms with van der Waals surface area (Å²) in [5.74, 6) is -0.501. The van der Waals surface area contributed by atoms with Crippen molar-refractivity contribution in [3.63, 3.8) is 0 Å². The summed E-state index contributed by atoms with van der Waals surface area (Å²) in [5.41, 5.74) is 0.387. The van der Waals surface area contributed by atoms with Gasteiger partial charge in [0.15, 0.2) is 0 Å². The molecular formula is C20H26N4O5S2. The lowest BCUT2D eigenvalue weighted by Crippen LogP contribution is -2.39. The van der Waals surface area contributed by atoms with Gasteiger partial charge >= 0.3 is 0 Å². The van der Waals surface area contributed by atoms with Crippen LogP contribution in [-0.4, -0.2) is 62.0 Å². The summed E-state index contributed by atoms with van der Waals surface area (Å²) in [6.45, 7) is 3.92. The minimum atomic E-state index is -3.84. The highest BCUT2D eigenvalue weighted by Crippen LogP contribution is 2.31. The number of sulfonamides is 2. The molecule has 0 radical (unpaired) electrons. The van der Waals surface area contributed by atoms with Gasteiger partial charge in [-0.3, -0.25) is 9.78 Å². The molecule has 11 heteroatoms. The average Bonchev–Trinajstić information content (AvgIpc) is 3.59. The van der Waals surface area contributed by atoms with Gasteiger partial charge in [0.1, 0.15) is 4.90 Å². The van der Waals surface area contributed by atoms with Gasteiger partial charge in [-0.15, -0.1) is 0 Å². The van der Waals surface area contributed by atoms with E-state index in [1.54, 1.807) is 13.8 Å². The number of rotatable bonds is 10. The summed E-state index contributed by atoms with van der Waals surface area (Å²) in [7, 11) is -7.43. The standard InChI is InChI=1S/C20H26N4O5S2/c1-3-23(4-2)30(26,27)18-11-7-16(8-12-18)22-20(25)15-24(17-9-10-17)31(28,29)19-6-5-13-21-14-19/h5-8,11-14,17H,3-4,9-10,15H2,1-2H3,(H,22,25). The molecule has 2 aromatic rings. The van der Waals surface area contributed by atoms with E-state index in [2.05, 4.69) is 10.3 Å². The molecule has 31 heavy (non-hydrogen) atoms. The zero-order chi connectivity index (χ0) is 22.6. The molecule has 0 aliphatic heterocycles. The van der Waals surface area contributed by atoms with Crippen LogP contribution in [0.3, 0.4) is 0 Å². The molecule has 1 aliphatic rings. The van der Waals surface area contributed by atoms with E-state index < -0.39 is 26.0 Å². The lowest BCUT2D eigenvalue weighted by Gasteiger charge is -2.21. The van der Waals surface area contributed by atoms with E-state index in [9.17, 15) is 21.6 Å². The van der Waals surface area contributed by atoms with Gasteiger partial charge in [-0.05, 0) is 49.2 Å². The van der Waals surface area contributed by atoms with E-state index in [1.165, 1.54) is 57.4 Å². The fourth-order valence-corrected chi connectivity index (χ4v) is 6.24. The monoisotopic (exact) mass is 466 g/mol. The quantitative estimate of drug-likeness (QED) is 0.572. The highest BCUT2D eigenvalue weighted by atomic mass is 32.2. The Morgan fingerprint density at radius 2 is 1.65 bits per heavy atom. The maximum absolute atomic E-state index is 12.9. The van der Waals surface area contributed by atoms with Crippen LogP contribution in [0.15, 0.2) is 58.6 Å². The highest BCUT2D eigenvalue weighted by molar-refractivity contribution is 7.89. The summed E-state index contributed by atoms with van der Waals surface area (Å²) in [6.07, 6.45) is 4.14. The van der Waals surface area contributed by atoms with Crippen molar-refractivity contribution in [1.29, 1.82) is 0 Å². The molecule has 0 bridgehead atoms. The third-order valence-electron chi connectivity index (χ3n) is 4.98. The summed E-state index contributed by atoms with van der Waals surface area (Å²) in [5, 5.41) is 2.65. The number of anilines is 1. The van der Waals surface area contributed by atoms with Crippen LogP contribution in [0.25, 0.3) is 0 Å². The Balaban J connectivity index is 1.71. The minimum Gasteiger partial charge on any atom is -0.325 e. The lowest BCUT2D eigenvalue weighted by molar-refractivity contribution is -0.116. The number of amides is 1. The van der Waals surface area contributed by atoms with Crippen molar-refractivity contribution in [3.8, 4) is 0 Å². The first-order valence-electron chi connectivity index (χ1n) is 10.0. The summed E-state index contributed by atoms with van der Waals surface area (Å²) < 4.78 is 53.5. The number of hydrogen-bond donors (Lipinski definition) is 1. The van der Waals surface area contributed by atoms with Crippen LogP contribution in [0.2, 0.25) is 0 Å². The van der Waals surface area contributed by atoms with Gasteiger partial charge in [-0.2, -0.15) is 8.61 Å². The van der Waals surface area contributed by atoms with Crippen LogP contribution in [0, 0.1) is 0 Å². The molecule has 1 N–H and O–H groups in total. The van der Waals surface area contributed by atoms with Crippen LogP contribution in [0.1, 0.15) is 26.7 Å². The van der Waals surface area contributed by atoms with Crippen molar-refractivity contribution in [2.24, 2.45) is 0 Å². The minimum absolute atomic E-state index is 0.0423. The normalized spacial score (nSPS) is 14.7. The lowest BCUT2D eigenvalue weighted by atomic mass is 10.3. The maximum atomic E-state index is 12.9. The Labute approximate surface area is 183 Å². The van der Waals surface area contributed by atoms with Crippen LogP contribution in [0.5, 0.6) is 0 Å². The molecule has 9 nitrogen and oxygen atoms in total. The van der Waals surface area contributed by atoms with Crippen LogP contribution in [0.4, 0.5) is 5.69 Å². The number of nitrogens with one attached hydrogen (secondary N) is 1. The van der Waals surface area contributed by atoms with Crippen molar-refractivity contribution in [3.05, 3.63) is 48.8 Å². The summed E-state index contributed by atoms with van der Waals surface area (Å²) in [4.78, 5) is 16.6. The number of nitrogens with zero attached hydrogens (tertiary/aromatic N) is 3. The van der Waals surface area contributed by atoms with E-state index in [0.29, 0.717) is 31.6 Å². The molecule has 0 saturated heterocycles. The Morgan fingerprint density at radius 3 is 2.16 bits per heavy atom. The van der Waals surface area contributed by atoms with Crippen molar-refractivity contribution in [2.45, 2.75) is 42.5 Å². The number of hydrogen-bond acceptors (Lipinski definition) is 6. The van der Waals surface area contributed by atoms with Crippen molar-refractivity contribution in [2.75, 3.05) is 25.0 Å². The van der Waals surface area contributed by atoms with Gasteiger partial charge < -0.3 is 5.32 Å². The van der Waals surface area contributed by atoms with Gasteiger partial charge in [0.05, 0.1) is 11.4 Å². The van der Waals surface area contributed by atoms with E-state index in [-0.39, 0.29) is 22.4 Å². The van der Waals surface area contributed by atoms with Crippen molar-refractivity contribution in [1.82, 2.24) is 13.6 Å². The molecular weight excluding hydrogens is 440 g/mol. The molecule has 3 rings (SSSR count). The predicted octanol–water partition coefficient (Wildman–Crippen LogP) is 1.90. The van der Waals surface area contributed by atoms with Gasteiger partial charge in [0.2, 0.25) is 26.0 Å². The van der Waals surface area contributed by atoms with E-state index >= 15 is 0 Å². The number of pyridine rings is 1. The van der Waals surface area contributed by atoms with Crippen molar-refractivity contribution >= 4 is 31.6 Å². The van der Waals surface area contributed by atoms with E-state index in [4.69, 9.17) is 0 Å². The van der Waals surface area contributed by atoms with E-state index in [0.717, 1.165) is 0 Å². The predicted molar refractivity (Wildman–Crippen MR) is 116 cm³/mol. The second-order valence-corrected chi connectivity index (χ2v) is 11.0. The molecule has 1 heterocycles. The number of carbonyl (C=O) groups is 1. The Bertz CT molecular complexity index is 1110. The topological polar surface area (TPSA) is 117 Å². The third-order valence-corrected chi connectivity index (χ3v) is 8.92. The Kier molecular flexibility index (Phi) is 7.10. The molecule has 0 atom stereocenters. The van der Waals surface area contributed by atoms with Gasteiger partial charge in [0.25, 0.3) is 0 Å². The second-order valence-electron chi connectivity index (χ2n) is 7.13. The second kappa shape index (κ2) is 9.43. The maximum Gasteiger partial charge on any atom is 0.245 e. The number of aromatic nitrogens is 1. The van der Waals surface area contributed by atoms with Crippen molar-refractivity contribution < 1.29 is 21.6 Å². The van der Waals surface area contributed by atoms with Crippen LogP contribution < -0.4 is 5.32 Å². The van der Waals surface area contributed by atoms with Gasteiger partial charge in [-0.1, -0.05) is 13.8 Å². The first-order chi connectivity index (χ1) is 14.7. The Morgan fingerprint density at radius 1 is 1.00 bits per heavy atom. The molecule has 1 saturated carbocycles. The molecule has 0 spiro atoms. The fourth-order valence-electron chi connectivity index (χ4n) is 3.17. The summed E-state index contributed by atoms with van der Waals surface area (Å²) in [6, 6.07) is 8.60. The van der Waals surface area contributed by atoms with E-state index in [1.807, 2.05) is 0 Å². The number of benzene rings is 1. The molecule has 168 valence electrons. The molecule has 1 aliphatic carbocycles. The molecule has 1 fully saturated rings. The largest absolute Gasteiger partial charge is 0.325 e. The SMILES string of the molecule is CCN(CC)S(=O)(=O)c1ccc(NC(=O)CN(C2CC2)S(=O)(=O)c2cccnc2)cc1. The summed E-state index contributed by atoms with van der Waals surface area (Å²) >= 11 is 0. The van der Waals surface area contributed by atoms with Gasteiger partial charge in [-0.25, -0.2) is 16.8 Å².